The topological polar surface area (TPSA) is 88.8 Å². The Bertz CT molecular complexity index is 1240. The summed E-state index contributed by atoms with van der Waals surface area (Å²) in [7, 11) is 0. The third kappa shape index (κ3) is 4.99. The van der Waals surface area contributed by atoms with Crippen LogP contribution in [0.15, 0.2) is 60.5 Å². The van der Waals surface area contributed by atoms with E-state index in [9.17, 15) is 4.79 Å². The zero-order chi connectivity index (χ0) is 23.3. The Labute approximate surface area is 202 Å². The van der Waals surface area contributed by atoms with E-state index < -0.39 is 0 Å². The molecule has 1 aliphatic rings. The van der Waals surface area contributed by atoms with E-state index in [-0.39, 0.29) is 11.8 Å². The quantitative estimate of drug-likeness (QED) is 0.441. The Morgan fingerprint density at radius 1 is 1.12 bits per heavy atom. The molecule has 1 aliphatic heterocycles. The predicted molar refractivity (Wildman–Crippen MR) is 133 cm³/mol. The molecule has 1 amide bonds. The molecule has 174 valence electrons. The van der Waals surface area contributed by atoms with Gasteiger partial charge in [-0.25, -0.2) is 19.9 Å². The van der Waals surface area contributed by atoms with Crippen molar-refractivity contribution in [1.82, 2.24) is 29.8 Å². The van der Waals surface area contributed by atoms with Gasteiger partial charge in [-0.15, -0.1) is 11.3 Å². The molecule has 1 saturated heterocycles. The van der Waals surface area contributed by atoms with Crippen molar-refractivity contribution in [2.75, 3.05) is 24.5 Å². The number of thiazole rings is 1. The number of nitrogens with zero attached hydrogens (tertiary/aromatic N) is 6. The van der Waals surface area contributed by atoms with Crippen LogP contribution in [0.2, 0.25) is 0 Å². The maximum atomic E-state index is 12.7. The number of carbonyl (C=O) groups is 1. The van der Waals surface area contributed by atoms with Gasteiger partial charge in [0.25, 0.3) is 0 Å². The van der Waals surface area contributed by atoms with Crippen LogP contribution in [0.5, 0.6) is 0 Å². The van der Waals surface area contributed by atoms with Gasteiger partial charge in [0.1, 0.15) is 28.8 Å². The summed E-state index contributed by atoms with van der Waals surface area (Å²) in [6, 6.07) is 12.2. The van der Waals surface area contributed by atoms with E-state index in [1.165, 1.54) is 0 Å². The van der Waals surface area contributed by atoms with Gasteiger partial charge in [0.15, 0.2) is 0 Å². The molecular formula is C25H27N7OS. The minimum Gasteiger partial charge on any atom is -0.356 e. The standard InChI is InChI=1S/C25H27N7OS/c1-18-26-11-14-32(18)23-15-22(28-17-29-23)31-12-8-19(9-13-31)24(33)27-10-7-21-16-34-25(30-21)20-5-3-2-4-6-20/h2-6,11,14-17,19H,7-10,12-13H2,1H3,(H,27,33). The van der Waals surface area contributed by atoms with Crippen LogP contribution in [0.4, 0.5) is 5.82 Å². The second-order valence-corrected chi connectivity index (χ2v) is 9.25. The van der Waals surface area contributed by atoms with E-state index in [1.54, 1.807) is 23.9 Å². The average molecular weight is 474 g/mol. The highest BCUT2D eigenvalue weighted by Gasteiger charge is 2.25. The number of carbonyl (C=O) groups excluding carboxylic acids is 1. The van der Waals surface area contributed by atoms with Crippen LogP contribution in [-0.4, -0.2) is 50.0 Å². The largest absolute Gasteiger partial charge is 0.356 e. The number of aryl methyl sites for hydroxylation is 1. The summed E-state index contributed by atoms with van der Waals surface area (Å²) in [5.41, 5.74) is 2.15. The number of hydrogen-bond acceptors (Lipinski definition) is 7. The van der Waals surface area contributed by atoms with Gasteiger partial charge >= 0.3 is 0 Å². The van der Waals surface area contributed by atoms with Gasteiger partial charge in [-0.2, -0.15) is 0 Å². The van der Waals surface area contributed by atoms with Crippen LogP contribution in [0.3, 0.4) is 0 Å². The van der Waals surface area contributed by atoms with Crippen molar-refractivity contribution in [2.24, 2.45) is 5.92 Å². The maximum absolute atomic E-state index is 12.7. The lowest BCUT2D eigenvalue weighted by Gasteiger charge is -2.32. The normalized spacial score (nSPS) is 14.3. The fourth-order valence-corrected chi connectivity index (χ4v) is 5.09. The molecule has 5 rings (SSSR count). The van der Waals surface area contributed by atoms with Crippen LogP contribution in [0, 0.1) is 12.8 Å². The molecule has 0 radical (unpaired) electrons. The van der Waals surface area contributed by atoms with Gasteiger partial charge in [-0.05, 0) is 19.8 Å². The number of amides is 1. The molecule has 0 unspecified atom stereocenters. The fourth-order valence-electron chi connectivity index (χ4n) is 4.23. The Hall–Kier alpha value is -3.59. The first-order valence-corrected chi connectivity index (χ1v) is 12.4. The zero-order valence-electron chi connectivity index (χ0n) is 19.1. The van der Waals surface area contributed by atoms with Crippen LogP contribution >= 0.6 is 11.3 Å². The van der Waals surface area contributed by atoms with Crippen molar-refractivity contribution in [3.8, 4) is 16.4 Å². The SMILES string of the molecule is Cc1nccn1-c1cc(N2CCC(C(=O)NCCc3csc(-c4ccccc4)n3)CC2)ncn1. The maximum Gasteiger partial charge on any atom is 0.223 e. The smallest absolute Gasteiger partial charge is 0.223 e. The van der Waals surface area contributed by atoms with E-state index in [2.05, 4.69) is 42.7 Å². The van der Waals surface area contributed by atoms with Crippen LogP contribution in [-0.2, 0) is 11.2 Å². The van der Waals surface area contributed by atoms with Crippen molar-refractivity contribution in [3.05, 3.63) is 72.0 Å². The van der Waals surface area contributed by atoms with Crippen LogP contribution < -0.4 is 10.2 Å². The molecule has 4 heterocycles. The molecule has 0 spiro atoms. The molecule has 3 aromatic heterocycles. The first kappa shape index (κ1) is 22.2. The molecule has 0 bridgehead atoms. The Balaban J connectivity index is 1.10. The zero-order valence-corrected chi connectivity index (χ0v) is 19.9. The number of aromatic nitrogens is 5. The van der Waals surface area contributed by atoms with Crippen LogP contribution in [0.1, 0.15) is 24.4 Å². The lowest BCUT2D eigenvalue weighted by Crippen LogP contribution is -2.41. The van der Waals surface area contributed by atoms with E-state index in [0.29, 0.717) is 6.54 Å². The van der Waals surface area contributed by atoms with E-state index >= 15 is 0 Å². The highest BCUT2D eigenvalue weighted by atomic mass is 32.1. The number of rotatable bonds is 7. The Morgan fingerprint density at radius 2 is 1.91 bits per heavy atom. The van der Waals surface area contributed by atoms with Crippen LogP contribution in [0.25, 0.3) is 16.4 Å². The number of nitrogens with one attached hydrogen (secondary N) is 1. The van der Waals surface area contributed by atoms with Crippen molar-refractivity contribution in [3.63, 3.8) is 0 Å². The molecule has 0 saturated carbocycles. The summed E-state index contributed by atoms with van der Waals surface area (Å²) < 4.78 is 1.94. The Morgan fingerprint density at radius 3 is 2.68 bits per heavy atom. The number of anilines is 1. The summed E-state index contributed by atoms with van der Waals surface area (Å²) in [6.45, 7) is 4.15. The molecule has 34 heavy (non-hydrogen) atoms. The van der Waals surface area contributed by atoms with E-state index in [0.717, 1.165) is 66.1 Å². The monoisotopic (exact) mass is 473 g/mol. The molecule has 1 fully saturated rings. The van der Waals surface area contributed by atoms with Crippen molar-refractivity contribution in [2.45, 2.75) is 26.2 Å². The highest BCUT2D eigenvalue weighted by Crippen LogP contribution is 2.24. The third-order valence-electron chi connectivity index (χ3n) is 6.15. The number of hydrogen-bond donors (Lipinski definition) is 1. The van der Waals surface area contributed by atoms with E-state index in [1.807, 2.05) is 42.0 Å². The summed E-state index contributed by atoms with van der Waals surface area (Å²) in [5, 5.41) is 6.21. The number of benzene rings is 1. The molecule has 0 atom stereocenters. The second-order valence-electron chi connectivity index (χ2n) is 8.39. The molecule has 9 heteroatoms. The summed E-state index contributed by atoms with van der Waals surface area (Å²) in [5.74, 6) is 2.74. The third-order valence-corrected chi connectivity index (χ3v) is 7.09. The van der Waals surface area contributed by atoms with Gasteiger partial charge in [-0.1, -0.05) is 30.3 Å². The number of piperidine rings is 1. The lowest BCUT2D eigenvalue weighted by molar-refractivity contribution is -0.125. The summed E-state index contributed by atoms with van der Waals surface area (Å²) in [4.78, 5) is 32.7. The molecular weight excluding hydrogens is 446 g/mol. The minimum absolute atomic E-state index is 0.0313. The highest BCUT2D eigenvalue weighted by molar-refractivity contribution is 7.13. The summed E-state index contributed by atoms with van der Waals surface area (Å²) >= 11 is 1.64. The van der Waals surface area contributed by atoms with Gasteiger partial charge < -0.3 is 10.2 Å². The summed E-state index contributed by atoms with van der Waals surface area (Å²) in [6.07, 6.45) is 7.61. The first-order chi connectivity index (χ1) is 16.7. The van der Waals surface area contributed by atoms with E-state index in [4.69, 9.17) is 4.98 Å². The molecule has 1 N–H and O–H groups in total. The van der Waals surface area contributed by atoms with Gasteiger partial charge in [0.05, 0.1) is 5.69 Å². The van der Waals surface area contributed by atoms with Crippen molar-refractivity contribution in [1.29, 1.82) is 0 Å². The Kier molecular flexibility index (Phi) is 6.62. The minimum atomic E-state index is 0.0313. The predicted octanol–water partition coefficient (Wildman–Crippen LogP) is 3.67. The van der Waals surface area contributed by atoms with Gasteiger partial charge in [0.2, 0.25) is 5.91 Å². The lowest BCUT2D eigenvalue weighted by atomic mass is 9.96. The fraction of sp³-hybridized carbons (Fsp3) is 0.320. The van der Waals surface area contributed by atoms with Gasteiger partial charge in [0, 0.05) is 61.4 Å². The first-order valence-electron chi connectivity index (χ1n) is 11.5. The molecule has 4 aromatic rings. The molecule has 8 nitrogen and oxygen atoms in total. The average Bonchev–Trinajstić information content (AvgIpc) is 3.54. The van der Waals surface area contributed by atoms with Gasteiger partial charge in [-0.3, -0.25) is 9.36 Å². The second kappa shape index (κ2) is 10.1. The van der Waals surface area contributed by atoms with Crippen molar-refractivity contribution >= 4 is 23.1 Å². The molecule has 0 aliphatic carbocycles. The number of imidazole rings is 1. The van der Waals surface area contributed by atoms with Crippen molar-refractivity contribution < 1.29 is 4.79 Å². The molecule has 1 aromatic carbocycles.